The summed E-state index contributed by atoms with van der Waals surface area (Å²) >= 11 is 0. The molecule has 61 heavy (non-hydrogen) atoms. The lowest BCUT2D eigenvalue weighted by molar-refractivity contribution is 0.563. The SMILES string of the molecule is CC1(C)c2ccccc2-c2ccc(-c3nc(-c4ccc(-c5ccccc5)cc4)nc(-c4ccc5c(c4)C4(c6ccccc6-5)c5ccccc5C(C)(C)c5ccccc54)n3)cc21. The Morgan fingerprint density at radius 2 is 0.623 bits per heavy atom. The van der Waals surface area contributed by atoms with Crippen LogP contribution < -0.4 is 0 Å². The highest BCUT2D eigenvalue weighted by molar-refractivity contribution is 5.90. The summed E-state index contributed by atoms with van der Waals surface area (Å²) in [5, 5.41) is 0. The number of benzene rings is 8. The third-order valence-corrected chi connectivity index (χ3v) is 14.0. The van der Waals surface area contributed by atoms with Gasteiger partial charge in [-0.2, -0.15) is 0 Å². The Bertz CT molecular complexity index is 3200. The lowest BCUT2D eigenvalue weighted by Gasteiger charge is -2.46. The molecule has 0 N–H and O–H groups in total. The second kappa shape index (κ2) is 12.9. The number of hydrogen-bond donors (Lipinski definition) is 0. The summed E-state index contributed by atoms with van der Waals surface area (Å²) in [6, 6.07) is 68.7. The minimum absolute atomic E-state index is 0.154. The molecule has 0 bridgehead atoms. The molecule has 3 aliphatic rings. The van der Waals surface area contributed by atoms with Crippen LogP contribution in [0.25, 0.3) is 67.5 Å². The van der Waals surface area contributed by atoms with Gasteiger partial charge in [-0.1, -0.05) is 204 Å². The van der Waals surface area contributed by atoms with Crippen LogP contribution in [0.4, 0.5) is 0 Å². The molecule has 3 aliphatic carbocycles. The normalized spacial score (nSPS) is 15.3. The van der Waals surface area contributed by atoms with Crippen LogP contribution in [-0.2, 0) is 16.2 Å². The Kier molecular flexibility index (Phi) is 7.54. The van der Waals surface area contributed by atoms with Gasteiger partial charge in [0.05, 0.1) is 5.41 Å². The van der Waals surface area contributed by atoms with Gasteiger partial charge >= 0.3 is 0 Å². The van der Waals surface area contributed by atoms with Crippen molar-refractivity contribution in [3.05, 3.63) is 233 Å². The van der Waals surface area contributed by atoms with Crippen molar-refractivity contribution in [2.45, 2.75) is 43.9 Å². The fourth-order valence-corrected chi connectivity index (χ4v) is 11.0. The van der Waals surface area contributed by atoms with Crippen molar-refractivity contribution < 1.29 is 0 Å². The highest BCUT2D eigenvalue weighted by Crippen LogP contribution is 2.62. The van der Waals surface area contributed by atoms with Crippen molar-refractivity contribution in [2.75, 3.05) is 0 Å². The largest absolute Gasteiger partial charge is 0.208 e. The first-order chi connectivity index (χ1) is 29.7. The quantitative estimate of drug-likeness (QED) is 0.178. The van der Waals surface area contributed by atoms with Crippen LogP contribution in [0.2, 0.25) is 0 Å². The molecule has 0 saturated heterocycles. The Labute approximate surface area is 357 Å². The average molecular weight is 782 g/mol. The molecule has 8 aromatic carbocycles. The zero-order valence-corrected chi connectivity index (χ0v) is 34.7. The molecule has 0 atom stereocenters. The first-order valence-corrected chi connectivity index (χ1v) is 21.4. The van der Waals surface area contributed by atoms with Gasteiger partial charge in [0.1, 0.15) is 0 Å². The maximum Gasteiger partial charge on any atom is 0.164 e. The van der Waals surface area contributed by atoms with Gasteiger partial charge in [0.25, 0.3) is 0 Å². The van der Waals surface area contributed by atoms with Gasteiger partial charge in [0.15, 0.2) is 17.5 Å². The van der Waals surface area contributed by atoms with Crippen LogP contribution in [0.5, 0.6) is 0 Å². The summed E-state index contributed by atoms with van der Waals surface area (Å²) in [6.07, 6.45) is 0. The molecular weight excluding hydrogens is 739 g/mol. The third-order valence-electron chi connectivity index (χ3n) is 14.0. The molecule has 12 rings (SSSR count). The van der Waals surface area contributed by atoms with Crippen molar-refractivity contribution in [3.63, 3.8) is 0 Å². The summed E-state index contributed by atoms with van der Waals surface area (Å²) in [5.41, 5.74) is 20.0. The summed E-state index contributed by atoms with van der Waals surface area (Å²) < 4.78 is 0. The van der Waals surface area contributed by atoms with Gasteiger partial charge in [-0.15, -0.1) is 0 Å². The summed E-state index contributed by atoms with van der Waals surface area (Å²) in [6.45, 7) is 9.38. The van der Waals surface area contributed by atoms with Crippen LogP contribution in [0.15, 0.2) is 188 Å². The molecule has 0 aliphatic heterocycles. The Morgan fingerprint density at radius 3 is 1.21 bits per heavy atom. The number of nitrogens with zero attached hydrogens (tertiary/aromatic N) is 3. The fourth-order valence-electron chi connectivity index (χ4n) is 11.0. The number of hydrogen-bond acceptors (Lipinski definition) is 3. The van der Waals surface area contributed by atoms with E-state index in [9.17, 15) is 0 Å². The van der Waals surface area contributed by atoms with E-state index in [0.29, 0.717) is 17.5 Å². The summed E-state index contributed by atoms with van der Waals surface area (Å²) in [4.78, 5) is 16.0. The number of rotatable bonds is 4. The van der Waals surface area contributed by atoms with E-state index in [-0.39, 0.29) is 10.8 Å². The number of aromatic nitrogens is 3. The third kappa shape index (κ3) is 5.01. The molecule has 1 heterocycles. The van der Waals surface area contributed by atoms with E-state index < -0.39 is 5.41 Å². The fraction of sp³-hybridized carbons (Fsp3) is 0.121. The molecule has 1 aromatic heterocycles. The van der Waals surface area contributed by atoms with Gasteiger partial charge in [-0.3, -0.25) is 0 Å². The Balaban J connectivity index is 1.08. The standard InChI is InChI=1S/C58H43N3/c1-56(2)45-20-10-8-18-41(45)43-32-30-39(34-51(43)56)54-59-53(38-28-26-37(27-29-38)36-16-6-5-7-17-36)60-55(61-54)40-31-33-44-42-19-9-11-21-46(42)58(52(44)35-40)49-24-14-12-22-47(49)57(3,4)48-23-13-15-25-50(48)58/h5-35H,1-4H3. The van der Waals surface area contributed by atoms with Crippen molar-refractivity contribution in [1.29, 1.82) is 0 Å². The lowest BCUT2D eigenvalue weighted by Crippen LogP contribution is -2.40. The highest BCUT2D eigenvalue weighted by atomic mass is 15.0. The maximum absolute atomic E-state index is 5.38. The molecule has 290 valence electrons. The molecule has 0 radical (unpaired) electrons. The van der Waals surface area contributed by atoms with Gasteiger partial charge in [0, 0.05) is 27.5 Å². The van der Waals surface area contributed by atoms with Crippen molar-refractivity contribution >= 4 is 0 Å². The monoisotopic (exact) mass is 781 g/mol. The molecule has 1 spiro atoms. The Morgan fingerprint density at radius 1 is 0.262 bits per heavy atom. The van der Waals surface area contributed by atoms with Crippen molar-refractivity contribution in [3.8, 4) is 67.5 Å². The summed E-state index contributed by atoms with van der Waals surface area (Å²) in [7, 11) is 0. The lowest BCUT2D eigenvalue weighted by atomic mass is 9.55. The minimum atomic E-state index is -0.517. The molecule has 0 fully saturated rings. The molecule has 0 unspecified atom stereocenters. The molecular formula is C58H43N3. The van der Waals surface area contributed by atoms with Crippen LogP contribution in [0.3, 0.4) is 0 Å². The van der Waals surface area contributed by atoms with Crippen LogP contribution in [0.1, 0.15) is 72.2 Å². The Hall–Kier alpha value is -7.23. The topological polar surface area (TPSA) is 38.7 Å². The van der Waals surface area contributed by atoms with E-state index in [4.69, 9.17) is 15.0 Å². The minimum Gasteiger partial charge on any atom is -0.208 e. The molecule has 0 saturated carbocycles. The zero-order chi connectivity index (χ0) is 41.1. The molecule has 3 heteroatoms. The summed E-state index contributed by atoms with van der Waals surface area (Å²) in [5.74, 6) is 1.97. The second-order valence-electron chi connectivity index (χ2n) is 18.0. The van der Waals surface area contributed by atoms with E-state index in [1.165, 1.54) is 72.3 Å². The van der Waals surface area contributed by atoms with Crippen LogP contribution in [0, 0.1) is 0 Å². The van der Waals surface area contributed by atoms with E-state index in [1.807, 2.05) is 0 Å². The van der Waals surface area contributed by atoms with E-state index >= 15 is 0 Å². The van der Waals surface area contributed by atoms with Gasteiger partial charge < -0.3 is 0 Å². The van der Waals surface area contributed by atoms with Gasteiger partial charge in [-0.05, 0) is 90.0 Å². The first-order valence-electron chi connectivity index (χ1n) is 21.4. The molecule has 9 aromatic rings. The van der Waals surface area contributed by atoms with E-state index in [2.05, 4.69) is 216 Å². The average Bonchev–Trinajstić information content (AvgIpc) is 3.73. The van der Waals surface area contributed by atoms with Crippen LogP contribution in [-0.4, -0.2) is 15.0 Å². The first kappa shape index (κ1) is 35.7. The molecule has 0 amide bonds. The predicted molar refractivity (Wildman–Crippen MR) is 249 cm³/mol. The smallest absolute Gasteiger partial charge is 0.164 e. The number of fused-ring (bicyclic) bond motifs is 12. The van der Waals surface area contributed by atoms with E-state index in [1.54, 1.807) is 0 Å². The van der Waals surface area contributed by atoms with E-state index in [0.717, 1.165) is 22.3 Å². The second-order valence-corrected chi connectivity index (χ2v) is 18.0. The van der Waals surface area contributed by atoms with Gasteiger partial charge in [-0.25, -0.2) is 15.0 Å². The molecule has 3 nitrogen and oxygen atoms in total. The van der Waals surface area contributed by atoms with Gasteiger partial charge in [0.2, 0.25) is 0 Å². The van der Waals surface area contributed by atoms with Crippen LogP contribution >= 0.6 is 0 Å². The highest BCUT2D eigenvalue weighted by Gasteiger charge is 2.53. The zero-order valence-electron chi connectivity index (χ0n) is 34.7. The maximum atomic E-state index is 5.38. The predicted octanol–water partition coefficient (Wildman–Crippen LogP) is 13.8. The van der Waals surface area contributed by atoms with Crippen molar-refractivity contribution in [1.82, 2.24) is 15.0 Å². The van der Waals surface area contributed by atoms with Crippen molar-refractivity contribution in [2.24, 2.45) is 0 Å².